The van der Waals surface area contributed by atoms with Gasteiger partial charge in [0.2, 0.25) is 0 Å². The number of hydrogen-bond acceptors (Lipinski definition) is 8. The van der Waals surface area contributed by atoms with E-state index in [-0.39, 0.29) is 11.4 Å². The van der Waals surface area contributed by atoms with E-state index in [9.17, 15) is 9.50 Å². The molecule has 2 N–H and O–H groups in total. The van der Waals surface area contributed by atoms with Gasteiger partial charge in [0, 0.05) is 30.2 Å². The first kappa shape index (κ1) is 20.1. The molecule has 1 saturated carbocycles. The molecule has 33 heavy (non-hydrogen) atoms. The number of benzene rings is 1. The highest BCUT2D eigenvalue weighted by molar-refractivity contribution is 5.66. The van der Waals surface area contributed by atoms with Gasteiger partial charge in [-0.3, -0.25) is 0 Å². The summed E-state index contributed by atoms with van der Waals surface area (Å²) in [5.41, 5.74) is 0.536. The zero-order valence-electron chi connectivity index (χ0n) is 17.9. The minimum Gasteiger partial charge on any atom is -0.507 e. The maximum atomic E-state index is 13.7. The van der Waals surface area contributed by atoms with E-state index in [4.69, 9.17) is 5.26 Å². The van der Waals surface area contributed by atoms with Gasteiger partial charge in [-0.25, -0.2) is 14.1 Å². The normalized spacial score (nSPS) is 23.9. The molecule has 3 fully saturated rings. The molecule has 2 saturated heterocycles. The molecule has 3 atom stereocenters. The van der Waals surface area contributed by atoms with Crippen molar-refractivity contribution in [2.24, 2.45) is 0 Å². The van der Waals surface area contributed by atoms with Crippen LogP contribution in [0.25, 0.3) is 17.1 Å². The molecule has 3 aromatic rings. The largest absolute Gasteiger partial charge is 0.507 e. The van der Waals surface area contributed by atoms with Crippen LogP contribution in [0.2, 0.25) is 0 Å². The number of nitriles is 1. The Balaban J connectivity index is 1.25. The Morgan fingerprint density at radius 3 is 2.52 bits per heavy atom. The second-order valence-corrected chi connectivity index (χ2v) is 9.13. The van der Waals surface area contributed by atoms with E-state index in [0.717, 1.165) is 24.9 Å². The van der Waals surface area contributed by atoms with E-state index in [1.165, 1.54) is 36.4 Å². The van der Waals surface area contributed by atoms with Crippen LogP contribution in [0.5, 0.6) is 5.75 Å². The van der Waals surface area contributed by atoms with Crippen molar-refractivity contribution in [1.82, 2.24) is 30.3 Å². The highest BCUT2D eigenvalue weighted by Gasteiger charge is 2.41. The molecule has 6 rings (SSSR count). The van der Waals surface area contributed by atoms with Crippen molar-refractivity contribution in [3.05, 3.63) is 42.1 Å². The van der Waals surface area contributed by atoms with E-state index in [2.05, 4.69) is 30.5 Å². The van der Waals surface area contributed by atoms with Gasteiger partial charge in [-0.1, -0.05) is 0 Å². The molecular weight excluding hydrogens is 423 g/mol. The van der Waals surface area contributed by atoms with E-state index < -0.39 is 5.82 Å². The Morgan fingerprint density at radius 1 is 1.12 bits per heavy atom. The number of fused-ring (bicyclic) bond motifs is 2. The zero-order valence-corrected chi connectivity index (χ0v) is 17.9. The Morgan fingerprint density at radius 2 is 1.91 bits per heavy atom. The number of nitrogens with one attached hydrogen (secondary N) is 1. The van der Waals surface area contributed by atoms with Crippen molar-refractivity contribution >= 4 is 5.82 Å². The van der Waals surface area contributed by atoms with Crippen LogP contribution in [0, 0.1) is 17.1 Å². The highest BCUT2D eigenvalue weighted by Crippen LogP contribution is 2.38. The standard InChI is InChI=1S/C23H23FN8O/c24-19-12-31(30-20(19)10-25)16-5-6-18(21(33)9-16)23-26-11-22(28-29-23)32(15-3-4-15)17-7-13-1-2-14(8-17)27-13/h5-6,9,11-15,17,27,33H,1-4,7-8H2/t13-,14+,17-. The maximum Gasteiger partial charge on any atom is 0.198 e. The van der Waals surface area contributed by atoms with Crippen molar-refractivity contribution < 1.29 is 9.50 Å². The lowest BCUT2D eigenvalue weighted by Crippen LogP contribution is -2.49. The molecular formula is C23H23FN8O. The van der Waals surface area contributed by atoms with Gasteiger partial charge < -0.3 is 15.3 Å². The van der Waals surface area contributed by atoms with Gasteiger partial charge in [0.25, 0.3) is 0 Å². The smallest absolute Gasteiger partial charge is 0.198 e. The van der Waals surface area contributed by atoms with Crippen molar-refractivity contribution in [3.8, 4) is 28.9 Å². The minimum absolute atomic E-state index is 0.0783. The van der Waals surface area contributed by atoms with E-state index >= 15 is 0 Å². The topological polar surface area (TPSA) is 116 Å². The molecule has 0 unspecified atom stereocenters. The summed E-state index contributed by atoms with van der Waals surface area (Å²) in [5, 5.41) is 35.8. The fourth-order valence-corrected chi connectivity index (χ4v) is 5.20. The summed E-state index contributed by atoms with van der Waals surface area (Å²) in [6, 6.07) is 8.57. The molecule has 2 aromatic heterocycles. The SMILES string of the molecule is N#Cc1nn(-c2ccc(-c3ncc(N(C4CC4)[C@@H]4C[C@H]5CC[C@@H](C4)N5)nn3)c(O)c2)cc1F. The summed E-state index contributed by atoms with van der Waals surface area (Å²) in [4.78, 5) is 6.92. The summed E-state index contributed by atoms with van der Waals surface area (Å²) in [6.45, 7) is 0. The summed E-state index contributed by atoms with van der Waals surface area (Å²) < 4.78 is 14.9. The van der Waals surface area contributed by atoms with Gasteiger partial charge in [0.1, 0.15) is 11.8 Å². The van der Waals surface area contributed by atoms with Crippen molar-refractivity contribution in [3.63, 3.8) is 0 Å². The summed E-state index contributed by atoms with van der Waals surface area (Å²) in [5.74, 6) is 0.310. The van der Waals surface area contributed by atoms with E-state index in [0.29, 0.717) is 41.2 Å². The number of phenolic OH excluding ortho intramolecular Hbond substituents is 1. The van der Waals surface area contributed by atoms with Crippen LogP contribution >= 0.6 is 0 Å². The van der Waals surface area contributed by atoms with Gasteiger partial charge in [-0.15, -0.1) is 10.2 Å². The van der Waals surface area contributed by atoms with Crippen LogP contribution < -0.4 is 10.2 Å². The molecule has 1 aliphatic carbocycles. The average Bonchev–Trinajstić information content (AvgIpc) is 3.49. The number of aromatic hydroxyl groups is 1. The number of rotatable bonds is 5. The molecule has 0 amide bonds. The molecule has 0 radical (unpaired) electrons. The molecule has 2 aliphatic heterocycles. The highest BCUT2D eigenvalue weighted by atomic mass is 19.1. The third-order valence-electron chi connectivity index (χ3n) is 6.86. The quantitative estimate of drug-likeness (QED) is 0.615. The summed E-state index contributed by atoms with van der Waals surface area (Å²) >= 11 is 0. The van der Waals surface area contributed by atoms with Gasteiger partial charge in [-0.2, -0.15) is 10.4 Å². The Bertz CT molecular complexity index is 1220. The first-order valence-corrected chi connectivity index (χ1v) is 11.3. The van der Waals surface area contributed by atoms with Gasteiger partial charge in [0.05, 0.1) is 23.6 Å². The van der Waals surface area contributed by atoms with E-state index in [1.807, 2.05) is 0 Å². The first-order chi connectivity index (χ1) is 16.1. The molecule has 2 bridgehead atoms. The van der Waals surface area contributed by atoms with Crippen molar-refractivity contribution in [2.45, 2.75) is 62.7 Å². The minimum atomic E-state index is -0.717. The second-order valence-electron chi connectivity index (χ2n) is 9.13. The number of piperidine rings is 1. The monoisotopic (exact) mass is 446 g/mol. The van der Waals surface area contributed by atoms with Crippen molar-refractivity contribution in [1.29, 1.82) is 5.26 Å². The molecule has 0 spiro atoms. The lowest BCUT2D eigenvalue weighted by molar-refractivity contribution is 0.343. The lowest BCUT2D eigenvalue weighted by Gasteiger charge is -2.38. The molecule has 3 aliphatic rings. The fraction of sp³-hybridized carbons (Fsp3) is 0.435. The predicted molar refractivity (Wildman–Crippen MR) is 117 cm³/mol. The third kappa shape index (κ3) is 3.68. The van der Waals surface area contributed by atoms with E-state index in [1.54, 1.807) is 24.4 Å². The number of hydrogen-bond donors (Lipinski definition) is 2. The van der Waals surface area contributed by atoms with Crippen LogP contribution in [0.15, 0.2) is 30.6 Å². The second kappa shape index (κ2) is 7.78. The molecule has 1 aromatic carbocycles. The lowest BCUT2D eigenvalue weighted by atomic mass is 9.98. The molecule has 4 heterocycles. The summed E-state index contributed by atoms with van der Waals surface area (Å²) in [7, 11) is 0. The first-order valence-electron chi connectivity index (χ1n) is 11.3. The summed E-state index contributed by atoms with van der Waals surface area (Å²) in [6.07, 6.45) is 9.94. The molecule has 9 nitrogen and oxygen atoms in total. The fourth-order valence-electron chi connectivity index (χ4n) is 5.20. The zero-order chi connectivity index (χ0) is 22.5. The van der Waals surface area contributed by atoms with Crippen LogP contribution in [0.4, 0.5) is 10.2 Å². The average molecular weight is 446 g/mol. The van der Waals surface area contributed by atoms with Gasteiger partial charge in [0.15, 0.2) is 23.2 Å². The Kier molecular flexibility index (Phi) is 4.73. The third-order valence-corrected chi connectivity index (χ3v) is 6.86. The molecule has 168 valence electrons. The molecule has 10 heteroatoms. The number of anilines is 1. The number of halogens is 1. The maximum absolute atomic E-state index is 13.7. The van der Waals surface area contributed by atoms with Gasteiger partial charge in [-0.05, 0) is 50.7 Å². The number of nitrogens with zero attached hydrogens (tertiary/aromatic N) is 7. The number of phenols is 1. The van der Waals surface area contributed by atoms with Gasteiger partial charge >= 0.3 is 0 Å². The van der Waals surface area contributed by atoms with Crippen LogP contribution in [0.3, 0.4) is 0 Å². The van der Waals surface area contributed by atoms with Crippen LogP contribution in [0.1, 0.15) is 44.2 Å². The number of aromatic nitrogens is 5. The van der Waals surface area contributed by atoms with Crippen molar-refractivity contribution in [2.75, 3.05) is 4.90 Å². The Labute approximate surface area is 189 Å². The Hall–Kier alpha value is -3.58. The van der Waals surface area contributed by atoms with Crippen LogP contribution in [-0.4, -0.2) is 54.2 Å². The van der Waals surface area contributed by atoms with Crippen LogP contribution in [-0.2, 0) is 0 Å². The predicted octanol–water partition coefficient (Wildman–Crippen LogP) is 2.69.